The van der Waals surface area contributed by atoms with Crippen molar-refractivity contribution in [2.75, 3.05) is 24.5 Å². The smallest absolute Gasteiger partial charge is 0.183 e. The van der Waals surface area contributed by atoms with Crippen molar-refractivity contribution in [3.05, 3.63) is 30.3 Å². The van der Waals surface area contributed by atoms with E-state index in [1.54, 1.807) is 0 Å². The van der Waals surface area contributed by atoms with E-state index < -0.39 is 0 Å². The zero-order chi connectivity index (χ0) is 9.97. The molecule has 0 spiro atoms. The van der Waals surface area contributed by atoms with Crippen LogP contribution in [0.25, 0.3) is 0 Å². The number of piperazine rings is 1. The lowest BCUT2D eigenvalue weighted by atomic mass is 10.1. The summed E-state index contributed by atoms with van der Waals surface area (Å²) in [5, 5.41) is 0. The number of para-hydroxylation sites is 1. The molecule has 1 heterocycles. The predicted octanol–water partition coefficient (Wildman–Crippen LogP) is 1.28. The molecule has 0 amide bonds. The summed E-state index contributed by atoms with van der Waals surface area (Å²) in [6, 6.07) is 10.9. The summed E-state index contributed by atoms with van der Waals surface area (Å²) < 4.78 is 0. The number of rotatable bonds is 1. The van der Waals surface area contributed by atoms with Crippen LogP contribution in [-0.2, 0) is 0 Å². The highest BCUT2D eigenvalue weighted by Gasteiger charge is 2.19. The van der Waals surface area contributed by atoms with Gasteiger partial charge in [0.15, 0.2) is 7.98 Å². The van der Waals surface area contributed by atoms with E-state index in [-0.39, 0.29) is 0 Å². The Hall–Kier alpha value is -0.955. The molecule has 0 N–H and O–H groups in total. The number of nitrogens with zero attached hydrogens (tertiary/aromatic N) is 2. The van der Waals surface area contributed by atoms with Crippen LogP contribution in [0.15, 0.2) is 30.3 Å². The SMILES string of the molecule is [B]N1CCN(c2ccccc2)CC1C. The summed E-state index contributed by atoms with van der Waals surface area (Å²) >= 11 is 0. The molecule has 2 radical (unpaired) electrons. The second kappa shape index (κ2) is 4.05. The van der Waals surface area contributed by atoms with E-state index in [0.29, 0.717) is 6.04 Å². The van der Waals surface area contributed by atoms with Crippen LogP contribution in [0.3, 0.4) is 0 Å². The van der Waals surface area contributed by atoms with Gasteiger partial charge in [0, 0.05) is 31.4 Å². The van der Waals surface area contributed by atoms with Gasteiger partial charge in [-0.05, 0) is 19.1 Å². The average molecular weight is 186 g/mol. The number of hydrogen-bond donors (Lipinski definition) is 0. The topological polar surface area (TPSA) is 6.48 Å². The minimum absolute atomic E-state index is 0.434. The van der Waals surface area contributed by atoms with E-state index in [4.69, 9.17) is 7.98 Å². The lowest BCUT2D eigenvalue weighted by Gasteiger charge is -2.39. The van der Waals surface area contributed by atoms with Gasteiger partial charge in [-0.15, -0.1) is 0 Å². The normalized spacial score (nSPS) is 23.8. The predicted molar refractivity (Wildman–Crippen MR) is 60.6 cm³/mol. The third kappa shape index (κ3) is 1.93. The minimum Gasteiger partial charge on any atom is -0.369 e. The maximum absolute atomic E-state index is 5.83. The summed E-state index contributed by atoms with van der Waals surface area (Å²) in [7, 11) is 5.83. The molecule has 1 atom stereocenters. The maximum Gasteiger partial charge on any atom is 0.183 e. The van der Waals surface area contributed by atoms with Crippen LogP contribution in [0.5, 0.6) is 0 Å². The fraction of sp³-hybridized carbons (Fsp3) is 0.455. The first-order valence-electron chi connectivity index (χ1n) is 5.08. The van der Waals surface area contributed by atoms with Crippen LogP contribution in [0.1, 0.15) is 6.92 Å². The third-order valence-electron chi connectivity index (χ3n) is 2.80. The van der Waals surface area contributed by atoms with E-state index in [9.17, 15) is 0 Å². The van der Waals surface area contributed by atoms with Crippen molar-refractivity contribution in [1.82, 2.24) is 4.81 Å². The van der Waals surface area contributed by atoms with Crippen molar-refractivity contribution in [2.24, 2.45) is 0 Å². The lowest BCUT2D eigenvalue weighted by Crippen LogP contribution is -2.50. The molecule has 0 aliphatic carbocycles. The van der Waals surface area contributed by atoms with E-state index >= 15 is 0 Å². The fourth-order valence-electron chi connectivity index (χ4n) is 1.84. The first-order valence-corrected chi connectivity index (χ1v) is 5.08. The Morgan fingerprint density at radius 1 is 1.21 bits per heavy atom. The van der Waals surface area contributed by atoms with Gasteiger partial charge in [0.2, 0.25) is 0 Å². The number of anilines is 1. The highest BCUT2D eigenvalue weighted by Crippen LogP contribution is 2.17. The molecule has 1 aliphatic rings. The van der Waals surface area contributed by atoms with Crippen LogP contribution in [0, 0.1) is 0 Å². The Balaban J connectivity index is 2.07. The zero-order valence-corrected chi connectivity index (χ0v) is 8.56. The van der Waals surface area contributed by atoms with Crippen molar-refractivity contribution in [1.29, 1.82) is 0 Å². The van der Waals surface area contributed by atoms with Crippen LogP contribution >= 0.6 is 0 Å². The Morgan fingerprint density at radius 3 is 2.57 bits per heavy atom. The molecule has 1 unspecified atom stereocenters. The van der Waals surface area contributed by atoms with E-state index in [0.717, 1.165) is 19.6 Å². The van der Waals surface area contributed by atoms with Gasteiger partial charge in [-0.3, -0.25) is 0 Å². The summed E-state index contributed by atoms with van der Waals surface area (Å²) in [6.07, 6.45) is 0. The molecular formula is C11H15BN2. The van der Waals surface area contributed by atoms with Gasteiger partial charge in [-0.1, -0.05) is 18.2 Å². The molecule has 1 aliphatic heterocycles. The first-order chi connectivity index (χ1) is 6.77. The molecule has 1 fully saturated rings. The van der Waals surface area contributed by atoms with Gasteiger partial charge in [0.1, 0.15) is 0 Å². The number of hydrogen-bond acceptors (Lipinski definition) is 2. The van der Waals surface area contributed by atoms with Crippen molar-refractivity contribution < 1.29 is 0 Å². The zero-order valence-electron chi connectivity index (χ0n) is 8.56. The maximum atomic E-state index is 5.83. The van der Waals surface area contributed by atoms with Crippen LogP contribution < -0.4 is 4.90 Å². The van der Waals surface area contributed by atoms with Crippen LogP contribution in [-0.4, -0.2) is 38.5 Å². The minimum atomic E-state index is 0.434. The van der Waals surface area contributed by atoms with Gasteiger partial charge in [0.25, 0.3) is 0 Å². The Kier molecular flexibility index (Phi) is 2.78. The van der Waals surface area contributed by atoms with Crippen LogP contribution in [0.4, 0.5) is 5.69 Å². The Morgan fingerprint density at radius 2 is 1.93 bits per heavy atom. The quantitative estimate of drug-likeness (QED) is 0.609. The van der Waals surface area contributed by atoms with E-state index in [2.05, 4.69) is 36.1 Å². The summed E-state index contributed by atoms with van der Waals surface area (Å²) in [6.45, 7) is 5.14. The molecule has 14 heavy (non-hydrogen) atoms. The van der Waals surface area contributed by atoms with Gasteiger partial charge >= 0.3 is 0 Å². The summed E-state index contributed by atoms with van der Waals surface area (Å²) in [4.78, 5) is 4.30. The third-order valence-corrected chi connectivity index (χ3v) is 2.80. The molecule has 1 aromatic rings. The molecule has 0 bridgehead atoms. The average Bonchev–Trinajstić information content (AvgIpc) is 2.23. The molecule has 1 aromatic carbocycles. The van der Waals surface area contributed by atoms with E-state index in [1.165, 1.54) is 5.69 Å². The molecule has 2 rings (SSSR count). The van der Waals surface area contributed by atoms with Crippen molar-refractivity contribution in [3.8, 4) is 0 Å². The van der Waals surface area contributed by atoms with E-state index in [1.807, 2.05) is 10.9 Å². The first kappa shape index (κ1) is 9.59. The van der Waals surface area contributed by atoms with Crippen molar-refractivity contribution >= 4 is 13.7 Å². The second-order valence-corrected chi connectivity index (χ2v) is 3.87. The van der Waals surface area contributed by atoms with Gasteiger partial charge in [-0.25, -0.2) is 0 Å². The Bertz CT molecular complexity index is 289. The number of benzene rings is 1. The van der Waals surface area contributed by atoms with Crippen molar-refractivity contribution in [2.45, 2.75) is 13.0 Å². The molecule has 0 aromatic heterocycles. The van der Waals surface area contributed by atoms with Gasteiger partial charge in [0.05, 0.1) is 0 Å². The molecule has 0 saturated carbocycles. The molecule has 1 saturated heterocycles. The highest BCUT2D eigenvalue weighted by atomic mass is 15.2. The van der Waals surface area contributed by atoms with Gasteiger partial charge in [-0.2, -0.15) is 0 Å². The lowest BCUT2D eigenvalue weighted by molar-refractivity contribution is 0.323. The van der Waals surface area contributed by atoms with Crippen LogP contribution in [0.2, 0.25) is 0 Å². The molecule has 72 valence electrons. The highest BCUT2D eigenvalue weighted by molar-refractivity contribution is 6.04. The second-order valence-electron chi connectivity index (χ2n) is 3.87. The molecule has 3 heteroatoms. The summed E-state index contributed by atoms with van der Waals surface area (Å²) in [5.74, 6) is 0. The Labute approximate surface area is 86.9 Å². The van der Waals surface area contributed by atoms with Gasteiger partial charge < -0.3 is 9.71 Å². The standard InChI is InChI=1S/C11H15BN2/c1-10-9-13(7-8-14(10)12)11-5-3-2-4-6-11/h2-6,10H,7-9H2,1H3. The monoisotopic (exact) mass is 186 g/mol. The molecule has 2 nitrogen and oxygen atoms in total. The molecular weight excluding hydrogens is 171 g/mol. The summed E-state index contributed by atoms with van der Waals surface area (Å²) in [5.41, 5.74) is 1.30. The largest absolute Gasteiger partial charge is 0.369 e. The van der Waals surface area contributed by atoms with Crippen molar-refractivity contribution in [3.63, 3.8) is 0 Å². The fourth-order valence-corrected chi connectivity index (χ4v) is 1.84.